The van der Waals surface area contributed by atoms with Gasteiger partial charge in [-0.3, -0.25) is 9.69 Å². The van der Waals surface area contributed by atoms with E-state index in [0.29, 0.717) is 12.6 Å². The minimum absolute atomic E-state index is 0.0590. The lowest BCUT2D eigenvalue weighted by Crippen LogP contribution is -2.56. The molecule has 1 amide bonds. The van der Waals surface area contributed by atoms with Gasteiger partial charge in [0.25, 0.3) is 5.91 Å². The van der Waals surface area contributed by atoms with Crippen molar-refractivity contribution in [3.63, 3.8) is 0 Å². The van der Waals surface area contributed by atoms with Crippen molar-refractivity contribution in [2.24, 2.45) is 5.92 Å². The van der Waals surface area contributed by atoms with Crippen molar-refractivity contribution in [2.45, 2.75) is 51.2 Å². The van der Waals surface area contributed by atoms with Crippen LogP contribution in [0.25, 0.3) is 0 Å². The number of nitrogens with one attached hydrogen (secondary N) is 2. The molecule has 2 fully saturated rings. The van der Waals surface area contributed by atoms with Crippen LogP contribution >= 0.6 is 0 Å². The summed E-state index contributed by atoms with van der Waals surface area (Å²) >= 11 is 0. The highest BCUT2D eigenvalue weighted by molar-refractivity contribution is 5.85. The highest BCUT2D eigenvalue weighted by atomic mass is 16.5. The maximum Gasteiger partial charge on any atom is 0.252 e. The van der Waals surface area contributed by atoms with Crippen LogP contribution in [0.2, 0.25) is 0 Å². The SMILES string of the molecule is COC1(C(=O)NCC(C)N2CCC(C)CC2)CCNCC1. The van der Waals surface area contributed by atoms with Crippen molar-refractivity contribution in [1.29, 1.82) is 0 Å². The van der Waals surface area contributed by atoms with E-state index < -0.39 is 5.60 Å². The molecule has 2 aliphatic heterocycles. The van der Waals surface area contributed by atoms with Crippen LogP contribution < -0.4 is 10.6 Å². The third-order valence-corrected chi connectivity index (χ3v) is 5.22. The molecule has 0 aliphatic carbocycles. The molecule has 0 aromatic heterocycles. The van der Waals surface area contributed by atoms with Crippen molar-refractivity contribution < 1.29 is 9.53 Å². The van der Waals surface area contributed by atoms with E-state index in [1.165, 1.54) is 12.8 Å². The van der Waals surface area contributed by atoms with Crippen LogP contribution in [0.4, 0.5) is 0 Å². The first kappa shape index (κ1) is 16.7. The van der Waals surface area contributed by atoms with Crippen LogP contribution in [0.1, 0.15) is 39.5 Å². The maximum absolute atomic E-state index is 12.5. The number of carbonyl (C=O) groups is 1. The van der Waals surface area contributed by atoms with Crippen molar-refractivity contribution in [3.05, 3.63) is 0 Å². The smallest absolute Gasteiger partial charge is 0.252 e. The largest absolute Gasteiger partial charge is 0.368 e. The molecule has 122 valence electrons. The Morgan fingerprint density at radius 2 is 2.00 bits per heavy atom. The van der Waals surface area contributed by atoms with Gasteiger partial charge in [0.1, 0.15) is 5.60 Å². The Labute approximate surface area is 128 Å². The summed E-state index contributed by atoms with van der Waals surface area (Å²) in [4.78, 5) is 15.0. The summed E-state index contributed by atoms with van der Waals surface area (Å²) in [6, 6.07) is 0.400. The van der Waals surface area contributed by atoms with E-state index in [2.05, 4.69) is 29.4 Å². The molecule has 2 saturated heterocycles. The fourth-order valence-corrected chi connectivity index (χ4v) is 3.35. The molecule has 2 aliphatic rings. The van der Waals surface area contributed by atoms with Gasteiger partial charge in [-0.05, 0) is 64.7 Å². The summed E-state index contributed by atoms with van der Waals surface area (Å²) in [6.45, 7) is 9.24. The van der Waals surface area contributed by atoms with Gasteiger partial charge >= 0.3 is 0 Å². The number of amides is 1. The minimum Gasteiger partial charge on any atom is -0.368 e. The molecule has 0 aromatic carbocycles. The number of carbonyl (C=O) groups excluding carboxylic acids is 1. The average Bonchev–Trinajstić information content (AvgIpc) is 2.53. The van der Waals surface area contributed by atoms with Crippen LogP contribution in [0.5, 0.6) is 0 Å². The Balaban J connectivity index is 1.79. The van der Waals surface area contributed by atoms with E-state index in [1.807, 2.05) is 0 Å². The molecule has 2 heterocycles. The van der Waals surface area contributed by atoms with Crippen molar-refractivity contribution in [3.8, 4) is 0 Å². The van der Waals surface area contributed by atoms with Crippen LogP contribution in [-0.2, 0) is 9.53 Å². The number of ether oxygens (including phenoxy) is 1. The molecule has 0 bridgehead atoms. The second-order valence-electron chi connectivity index (χ2n) is 6.73. The molecule has 0 radical (unpaired) electrons. The van der Waals surface area contributed by atoms with Crippen LogP contribution in [0.15, 0.2) is 0 Å². The third-order valence-electron chi connectivity index (χ3n) is 5.22. The number of rotatable bonds is 5. The zero-order valence-electron chi connectivity index (χ0n) is 13.8. The van der Waals surface area contributed by atoms with Crippen LogP contribution in [-0.4, -0.2) is 62.3 Å². The quantitative estimate of drug-likeness (QED) is 0.795. The average molecular weight is 297 g/mol. The monoisotopic (exact) mass is 297 g/mol. The standard InChI is InChI=1S/C16H31N3O2/c1-13-4-10-19(11-5-13)14(2)12-18-15(20)16(21-3)6-8-17-9-7-16/h13-14,17H,4-12H2,1-3H3,(H,18,20). The Kier molecular flexibility index (Phi) is 6.02. The molecular formula is C16H31N3O2. The molecule has 5 heteroatoms. The van der Waals surface area contributed by atoms with Gasteiger partial charge in [-0.25, -0.2) is 0 Å². The second kappa shape index (κ2) is 7.56. The van der Waals surface area contributed by atoms with E-state index in [1.54, 1.807) is 7.11 Å². The van der Waals surface area contributed by atoms with Gasteiger partial charge in [-0.2, -0.15) is 0 Å². The first-order valence-electron chi connectivity index (χ1n) is 8.35. The molecular weight excluding hydrogens is 266 g/mol. The number of piperidine rings is 2. The fourth-order valence-electron chi connectivity index (χ4n) is 3.35. The number of methoxy groups -OCH3 is 1. The predicted molar refractivity (Wildman–Crippen MR) is 84.3 cm³/mol. The van der Waals surface area contributed by atoms with E-state index in [0.717, 1.165) is 44.9 Å². The van der Waals surface area contributed by atoms with Gasteiger partial charge in [-0.15, -0.1) is 0 Å². The van der Waals surface area contributed by atoms with E-state index in [-0.39, 0.29) is 5.91 Å². The van der Waals surface area contributed by atoms with Gasteiger partial charge in [0.2, 0.25) is 0 Å². The lowest BCUT2D eigenvalue weighted by Gasteiger charge is -2.37. The van der Waals surface area contributed by atoms with Gasteiger partial charge in [0.05, 0.1) is 0 Å². The zero-order chi connectivity index (χ0) is 15.3. The van der Waals surface area contributed by atoms with E-state index >= 15 is 0 Å². The summed E-state index contributed by atoms with van der Waals surface area (Å²) < 4.78 is 5.57. The summed E-state index contributed by atoms with van der Waals surface area (Å²) in [7, 11) is 1.65. The first-order chi connectivity index (χ1) is 10.1. The number of hydrogen-bond acceptors (Lipinski definition) is 4. The van der Waals surface area contributed by atoms with Gasteiger partial charge in [-0.1, -0.05) is 6.92 Å². The Bertz CT molecular complexity index is 334. The third kappa shape index (κ3) is 4.18. The van der Waals surface area contributed by atoms with Crippen molar-refractivity contribution in [2.75, 3.05) is 39.8 Å². The highest BCUT2D eigenvalue weighted by Crippen LogP contribution is 2.23. The maximum atomic E-state index is 12.5. The summed E-state index contributed by atoms with van der Waals surface area (Å²) in [5.41, 5.74) is -0.624. The highest BCUT2D eigenvalue weighted by Gasteiger charge is 2.39. The molecule has 2 N–H and O–H groups in total. The topological polar surface area (TPSA) is 53.6 Å². The van der Waals surface area contributed by atoms with Gasteiger partial charge in [0.15, 0.2) is 0 Å². The normalized spacial score (nSPS) is 25.5. The Morgan fingerprint density at radius 1 is 1.38 bits per heavy atom. The zero-order valence-corrected chi connectivity index (χ0v) is 13.8. The minimum atomic E-state index is -0.624. The first-order valence-corrected chi connectivity index (χ1v) is 8.35. The van der Waals surface area contributed by atoms with Gasteiger partial charge in [0, 0.05) is 19.7 Å². The molecule has 2 rings (SSSR count). The summed E-state index contributed by atoms with van der Waals surface area (Å²) in [6.07, 6.45) is 4.05. The van der Waals surface area contributed by atoms with Crippen LogP contribution in [0.3, 0.4) is 0 Å². The van der Waals surface area contributed by atoms with Gasteiger partial charge < -0.3 is 15.4 Å². The summed E-state index contributed by atoms with van der Waals surface area (Å²) in [5, 5.41) is 6.40. The molecule has 1 atom stereocenters. The number of hydrogen-bond donors (Lipinski definition) is 2. The molecule has 0 aromatic rings. The Morgan fingerprint density at radius 3 is 2.57 bits per heavy atom. The lowest BCUT2D eigenvalue weighted by molar-refractivity contribution is -0.147. The number of nitrogens with zero attached hydrogens (tertiary/aromatic N) is 1. The Hall–Kier alpha value is -0.650. The van der Waals surface area contributed by atoms with E-state index in [4.69, 9.17) is 4.74 Å². The number of likely N-dealkylation sites (tertiary alicyclic amines) is 1. The molecule has 1 unspecified atom stereocenters. The molecule has 0 spiro atoms. The summed E-state index contributed by atoms with van der Waals surface area (Å²) in [5.74, 6) is 0.901. The lowest BCUT2D eigenvalue weighted by atomic mass is 9.91. The molecule has 5 nitrogen and oxygen atoms in total. The van der Waals surface area contributed by atoms with Crippen molar-refractivity contribution >= 4 is 5.91 Å². The predicted octanol–water partition coefficient (Wildman–Crippen LogP) is 0.992. The second-order valence-corrected chi connectivity index (χ2v) is 6.73. The van der Waals surface area contributed by atoms with E-state index in [9.17, 15) is 4.79 Å². The van der Waals surface area contributed by atoms with Crippen LogP contribution in [0, 0.1) is 5.92 Å². The van der Waals surface area contributed by atoms with Crippen molar-refractivity contribution in [1.82, 2.24) is 15.5 Å². The molecule has 21 heavy (non-hydrogen) atoms. The molecule has 0 saturated carbocycles. The fraction of sp³-hybridized carbons (Fsp3) is 0.938.